The lowest BCUT2D eigenvalue weighted by Gasteiger charge is -2.22. The number of halogens is 6. The van der Waals surface area contributed by atoms with Gasteiger partial charge in [0, 0.05) is 6.54 Å². The Bertz CT molecular complexity index is 499. The van der Waals surface area contributed by atoms with E-state index in [9.17, 15) is 31.1 Å². The second kappa shape index (κ2) is 6.12. The summed E-state index contributed by atoms with van der Waals surface area (Å²) < 4.78 is 76.4. The van der Waals surface area contributed by atoms with Gasteiger partial charge in [0.1, 0.15) is 0 Å². The Kier molecular flexibility index (Phi) is 5.12. The van der Waals surface area contributed by atoms with Gasteiger partial charge in [0.2, 0.25) is 5.92 Å². The summed E-state index contributed by atoms with van der Waals surface area (Å²) in [6.07, 6.45) is -11.2. The van der Waals surface area contributed by atoms with Gasteiger partial charge in [-0.3, -0.25) is 4.79 Å². The van der Waals surface area contributed by atoms with Crippen molar-refractivity contribution < 1.29 is 36.2 Å². The minimum atomic E-state index is -5.58. The molecule has 0 bridgehead atoms. The Balaban J connectivity index is 3.25. The van der Waals surface area contributed by atoms with E-state index in [1.807, 2.05) is 0 Å². The van der Waals surface area contributed by atoms with Gasteiger partial charge in [-0.25, -0.2) is 0 Å². The maximum Gasteiger partial charge on any atom is 0.407 e. The summed E-state index contributed by atoms with van der Waals surface area (Å²) in [5.41, 5.74) is 0. The van der Waals surface area contributed by atoms with Crippen LogP contribution in [-0.2, 0) is 11.3 Å². The third kappa shape index (κ3) is 4.25. The van der Waals surface area contributed by atoms with Crippen LogP contribution in [0.15, 0.2) is 5.16 Å². The lowest BCUT2D eigenvalue weighted by molar-refractivity contribution is -0.256. The fourth-order valence-electron chi connectivity index (χ4n) is 1.52. The molecule has 0 fully saturated rings. The van der Waals surface area contributed by atoms with E-state index >= 15 is 0 Å². The first kappa shape index (κ1) is 17.6. The second-order valence-electron chi connectivity index (χ2n) is 3.78. The van der Waals surface area contributed by atoms with E-state index in [0.29, 0.717) is 16.3 Å². The Morgan fingerprint density at radius 3 is 2.14 bits per heavy atom. The molecule has 0 saturated heterocycles. The van der Waals surface area contributed by atoms with E-state index in [1.165, 1.54) is 6.92 Å². The second-order valence-corrected chi connectivity index (χ2v) is 4.73. The molecule has 1 heterocycles. The predicted molar refractivity (Wildman–Crippen MR) is 58.9 cm³/mol. The Morgan fingerprint density at radius 1 is 1.24 bits per heavy atom. The highest BCUT2D eigenvalue weighted by Gasteiger charge is 2.60. The lowest BCUT2D eigenvalue weighted by Crippen LogP contribution is -2.36. The van der Waals surface area contributed by atoms with E-state index in [1.54, 1.807) is 0 Å². The van der Waals surface area contributed by atoms with E-state index in [-0.39, 0.29) is 11.7 Å². The minimum absolute atomic E-state index is 0.257. The highest BCUT2D eigenvalue weighted by Crippen LogP contribution is 2.46. The van der Waals surface area contributed by atoms with Crippen LogP contribution in [0.3, 0.4) is 0 Å². The number of thioether (sulfide) groups is 1. The van der Waals surface area contributed by atoms with Crippen molar-refractivity contribution >= 4 is 17.7 Å². The molecule has 0 aliphatic carbocycles. The number of carbonyl (C=O) groups is 1. The molecule has 0 aliphatic heterocycles. The minimum Gasteiger partial charge on any atom is -0.481 e. The molecule has 5 nitrogen and oxygen atoms in total. The van der Waals surface area contributed by atoms with Gasteiger partial charge >= 0.3 is 18.3 Å². The lowest BCUT2D eigenvalue weighted by atomic mass is 10.1. The molecular weight excluding hydrogens is 328 g/mol. The topological polar surface area (TPSA) is 68.0 Å². The first-order valence-corrected chi connectivity index (χ1v) is 6.38. The molecule has 0 atom stereocenters. The molecule has 21 heavy (non-hydrogen) atoms. The molecule has 0 spiro atoms. The van der Waals surface area contributed by atoms with E-state index < -0.39 is 35.8 Å². The van der Waals surface area contributed by atoms with Crippen molar-refractivity contribution in [1.29, 1.82) is 0 Å². The number of rotatable bonds is 5. The molecule has 12 heteroatoms. The Labute approximate surface area is 118 Å². The third-order valence-corrected chi connectivity index (χ3v) is 3.25. The normalized spacial score (nSPS) is 13.0. The smallest absolute Gasteiger partial charge is 0.407 e. The zero-order valence-electron chi connectivity index (χ0n) is 10.4. The van der Waals surface area contributed by atoms with Crippen molar-refractivity contribution in [2.24, 2.45) is 0 Å². The standard InChI is InChI=1S/C9H9F6N3O2S/c1-2-18-6(5(8(10,11)12)9(13,14)15)16-17-7(18)21-3-4(19)20/h5H,2-3H2,1H3,(H,19,20). The molecule has 120 valence electrons. The summed E-state index contributed by atoms with van der Waals surface area (Å²) in [5.74, 6) is -6.90. The quantitative estimate of drug-likeness (QED) is 0.661. The fraction of sp³-hybridized carbons (Fsp3) is 0.667. The van der Waals surface area contributed by atoms with Crippen LogP contribution in [-0.4, -0.2) is 43.9 Å². The molecule has 1 N–H and O–H groups in total. The van der Waals surface area contributed by atoms with Crippen LogP contribution in [0.5, 0.6) is 0 Å². The summed E-state index contributed by atoms with van der Waals surface area (Å²) in [6.45, 7) is 1.05. The van der Waals surface area contributed by atoms with Crippen molar-refractivity contribution in [2.75, 3.05) is 5.75 Å². The van der Waals surface area contributed by atoms with Crippen molar-refractivity contribution in [1.82, 2.24) is 14.8 Å². The van der Waals surface area contributed by atoms with Crippen LogP contribution in [0.2, 0.25) is 0 Å². The van der Waals surface area contributed by atoms with E-state index in [2.05, 4.69) is 10.2 Å². The third-order valence-electron chi connectivity index (χ3n) is 2.30. The fourth-order valence-corrected chi connectivity index (χ4v) is 2.25. The molecule has 1 rings (SSSR count). The first-order chi connectivity index (χ1) is 9.48. The SMILES string of the molecule is CCn1c(SCC(=O)O)nnc1C(C(F)(F)F)C(F)(F)F. The maximum absolute atomic E-state index is 12.6. The highest BCUT2D eigenvalue weighted by molar-refractivity contribution is 7.99. The number of carboxylic acids is 1. The van der Waals surface area contributed by atoms with Gasteiger partial charge in [-0.2, -0.15) is 26.3 Å². The number of carboxylic acid groups (broad SMARTS) is 1. The van der Waals surface area contributed by atoms with E-state index in [4.69, 9.17) is 5.11 Å². The van der Waals surface area contributed by atoms with Gasteiger partial charge in [-0.15, -0.1) is 10.2 Å². The number of aliphatic carboxylic acids is 1. The number of alkyl halides is 6. The summed E-state index contributed by atoms with van der Waals surface area (Å²) in [5, 5.41) is 14.3. The number of hydrogen-bond donors (Lipinski definition) is 1. The molecule has 0 saturated carbocycles. The maximum atomic E-state index is 12.6. The molecular formula is C9H9F6N3O2S. The van der Waals surface area contributed by atoms with Gasteiger partial charge in [0.25, 0.3) is 0 Å². The first-order valence-electron chi connectivity index (χ1n) is 5.39. The molecule has 0 amide bonds. The molecule has 1 aromatic heterocycles. The summed E-state index contributed by atoms with van der Waals surface area (Å²) in [4.78, 5) is 10.4. The van der Waals surface area contributed by atoms with Crippen molar-refractivity contribution in [3.05, 3.63) is 5.82 Å². The van der Waals surface area contributed by atoms with Crippen LogP contribution in [0.1, 0.15) is 18.7 Å². The van der Waals surface area contributed by atoms with Crippen molar-refractivity contribution in [3.63, 3.8) is 0 Å². The average molecular weight is 337 g/mol. The van der Waals surface area contributed by atoms with Gasteiger partial charge in [0.05, 0.1) is 5.75 Å². The number of aromatic nitrogens is 3. The molecule has 0 aromatic carbocycles. The summed E-state index contributed by atoms with van der Waals surface area (Å²) in [7, 11) is 0. The van der Waals surface area contributed by atoms with Gasteiger partial charge < -0.3 is 9.67 Å². The van der Waals surface area contributed by atoms with Gasteiger partial charge in [-0.05, 0) is 6.92 Å². The highest BCUT2D eigenvalue weighted by atomic mass is 32.2. The van der Waals surface area contributed by atoms with Crippen LogP contribution < -0.4 is 0 Å². The zero-order valence-corrected chi connectivity index (χ0v) is 11.2. The summed E-state index contributed by atoms with van der Waals surface area (Å²) >= 11 is 0.494. The van der Waals surface area contributed by atoms with E-state index in [0.717, 1.165) is 0 Å². The van der Waals surface area contributed by atoms with Crippen molar-refractivity contribution in [3.8, 4) is 0 Å². The van der Waals surface area contributed by atoms with Gasteiger partial charge in [-0.1, -0.05) is 11.8 Å². The molecule has 0 unspecified atom stereocenters. The van der Waals surface area contributed by atoms with Crippen LogP contribution in [0, 0.1) is 0 Å². The van der Waals surface area contributed by atoms with Crippen LogP contribution >= 0.6 is 11.8 Å². The summed E-state index contributed by atoms with van der Waals surface area (Å²) in [6, 6.07) is 0. The molecule has 0 aliphatic rings. The Hall–Kier alpha value is -1.46. The average Bonchev–Trinajstić information content (AvgIpc) is 2.64. The monoisotopic (exact) mass is 337 g/mol. The van der Waals surface area contributed by atoms with Gasteiger partial charge in [0.15, 0.2) is 11.0 Å². The van der Waals surface area contributed by atoms with Crippen LogP contribution in [0.4, 0.5) is 26.3 Å². The van der Waals surface area contributed by atoms with Crippen molar-refractivity contribution in [2.45, 2.75) is 36.9 Å². The van der Waals surface area contributed by atoms with Crippen LogP contribution in [0.25, 0.3) is 0 Å². The molecule has 0 radical (unpaired) electrons. The number of hydrogen-bond acceptors (Lipinski definition) is 4. The zero-order chi connectivity index (χ0) is 16.4. The Morgan fingerprint density at radius 2 is 1.76 bits per heavy atom. The number of nitrogens with zero attached hydrogens (tertiary/aromatic N) is 3. The largest absolute Gasteiger partial charge is 0.481 e. The predicted octanol–water partition coefficient (Wildman–Crippen LogP) is 2.68. The molecule has 1 aromatic rings.